The van der Waals surface area contributed by atoms with Crippen molar-refractivity contribution in [3.63, 3.8) is 0 Å². The highest BCUT2D eigenvalue weighted by Gasteiger charge is 2.00. The minimum atomic E-state index is -0.0492. The Morgan fingerprint density at radius 1 is 0.900 bits per heavy atom. The Morgan fingerprint density at radius 3 is 2.10 bits per heavy atom. The molecule has 0 spiro atoms. The van der Waals surface area contributed by atoms with Crippen LogP contribution in [0.4, 0.5) is 0 Å². The van der Waals surface area contributed by atoms with Gasteiger partial charge in [-0.3, -0.25) is 4.79 Å². The van der Waals surface area contributed by atoms with Crippen molar-refractivity contribution in [1.29, 1.82) is 0 Å². The van der Waals surface area contributed by atoms with Crippen molar-refractivity contribution in [3.8, 4) is 0 Å². The lowest BCUT2D eigenvalue weighted by molar-refractivity contribution is -0.143. The standard InChI is InChI=1S/C18H32O2/c1-3-5-6-7-8-9-10-11-12-13-14-15-16-17-18(19)20-4-2/h3,9-10H,1,4-8,11-17H2,2H3/b10-9-. The average molecular weight is 280 g/mol. The zero-order valence-corrected chi connectivity index (χ0v) is 13.2. The maximum Gasteiger partial charge on any atom is 0.305 e. The minimum absolute atomic E-state index is 0.0492. The first-order valence-corrected chi connectivity index (χ1v) is 8.22. The Bertz CT molecular complexity index is 256. The molecule has 0 saturated carbocycles. The van der Waals surface area contributed by atoms with Crippen LogP contribution in [0, 0.1) is 0 Å². The Balaban J connectivity index is 3.14. The number of unbranched alkanes of at least 4 members (excludes halogenated alkanes) is 8. The summed E-state index contributed by atoms with van der Waals surface area (Å²) in [7, 11) is 0. The van der Waals surface area contributed by atoms with E-state index >= 15 is 0 Å². The van der Waals surface area contributed by atoms with E-state index in [0.717, 1.165) is 19.3 Å². The van der Waals surface area contributed by atoms with Crippen LogP contribution < -0.4 is 0 Å². The molecule has 0 amide bonds. The second-order valence-corrected chi connectivity index (χ2v) is 5.16. The molecule has 0 saturated heterocycles. The molecule has 0 aliphatic carbocycles. The van der Waals surface area contributed by atoms with E-state index < -0.39 is 0 Å². The molecular weight excluding hydrogens is 248 g/mol. The van der Waals surface area contributed by atoms with Gasteiger partial charge in [0.15, 0.2) is 0 Å². The lowest BCUT2D eigenvalue weighted by Crippen LogP contribution is -2.03. The van der Waals surface area contributed by atoms with Gasteiger partial charge >= 0.3 is 5.97 Å². The molecule has 0 unspecified atom stereocenters. The lowest BCUT2D eigenvalue weighted by Gasteiger charge is -2.01. The van der Waals surface area contributed by atoms with Crippen molar-refractivity contribution >= 4 is 5.97 Å². The third-order valence-electron chi connectivity index (χ3n) is 3.25. The van der Waals surface area contributed by atoms with Crippen molar-refractivity contribution in [1.82, 2.24) is 0 Å². The third kappa shape index (κ3) is 15.0. The van der Waals surface area contributed by atoms with Gasteiger partial charge in [-0.1, -0.05) is 37.5 Å². The van der Waals surface area contributed by atoms with E-state index in [1.165, 1.54) is 44.9 Å². The topological polar surface area (TPSA) is 26.3 Å². The maximum absolute atomic E-state index is 11.1. The molecule has 2 heteroatoms. The summed E-state index contributed by atoms with van der Waals surface area (Å²) in [4.78, 5) is 11.1. The molecule has 0 aromatic rings. The van der Waals surface area contributed by atoms with Gasteiger partial charge in [0.2, 0.25) is 0 Å². The van der Waals surface area contributed by atoms with E-state index in [9.17, 15) is 4.79 Å². The number of carbonyl (C=O) groups is 1. The fourth-order valence-corrected chi connectivity index (χ4v) is 2.08. The number of hydrogen-bond acceptors (Lipinski definition) is 2. The lowest BCUT2D eigenvalue weighted by atomic mass is 10.1. The van der Waals surface area contributed by atoms with Crippen LogP contribution in [0.3, 0.4) is 0 Å². The average Bonchev–Trinajstić information content (AvgIpc) is 2.44. The summed E-state index contributed by atoms with van der Waals surface area (Å²) in [6.07, 6.45) is 19.1. The molecule has 0 fully saturated rings. The van der Waals surface area contributed by atoms with Crippen LogP contribution in [0.1, 0.15) is 77.6 Å². The SMILES string of the molecule is C=CCCCC/C=C\CCCCCCCC(=O)OCC. The monoisotopic (exact) mass is 280 g/mol. The quantitative estimate of drug-likeness (QED) is 0.236. The number of ether oxygens (including phenoxy) is 1. The molecule has 2 nitrogen and oxygen atoms in total. The van der Waals surface area contributed by atoms with Crippen LogP contribution in [0.2, 0.25) is 0 Å². The fraction of sp³-hybridized carbons (Fsp3) is 0.722. The predicted molar refractivity (Wildman–Crippen MR) is 86.8 cm³/mol. The number of carbonyl (C=O) groups excluding carboxylic acids is 1. The second-order valence-electron chi connectivity index (χ2n) is 5.16. The van der Waals surface area contributed by atoms with E-state index in [1.54, 1.807) is 0 Å². The van der Waals surface area contributed by atoms with Crippen molar-refractivity contribution in [2.45, 2.75) is 77.6 Å². The largest absolute Gasteiger partial charge is 0.466 e. The van der Waals surface area contributed by atoms with Gasteiger partial charge in [0, 0.05) is 6.42 Å². The third-order valence-corrected chi connectivity index (χ3v) is 3.25. The van der Waals surface area contributed by atoms with Crippen LogP contribution in [-0.4, -0.2) is 12.6 Å². The molecule has 0 heterocycles. The molecular formula is C18H32O2. The van der Waals surface area contributed by atoms with E-state index in [0.29, 0.717) is 13.0 Å². The van der Waals surface area contributed by atoms with Crippen LogP contribution >= 0.6 is 0 Å². The molecule has 20 heavy (non-hydrogen) atoms. The number of hydrogen-bond donors (Lipinski definition) is 0. The summed E-state index contributed by atoms with van der Waals surface area (Å²) >= 11 is 0. The molecule has 0 atom stereocenters. The van der Waals surface area contributed by atoms with E-state index in [2.05, 4.69) is 18.7 Å². The van der Waals surface area contributed by atoms with Crippen LogP contribution in [0.25, 0.3) is 0 Å². The summed E-state index contributed by atoms with van der Waals surface area (Å²) in [5, 5.41) is 0. The van der Waals surface area contributed by atoms with E-state index in [4.69, 9.17) is 4.74 Å². The highest BCUT2D eigenvalue weighted by atomic mass is 16.5. The highest BCUT2D eigenvalue weighted by Crippen LogP contribution is 2.09. The molecule has 0 aliphatic rings. The Morgan fingerprint density at radius 2 is 1.45 bits per heavy atom. The normalized spacial score (nSPS) is 10.8. The zero-order chi connectivity index (χ0) is 14.9. The first-order chi connectivity index (χ1) is 9.81. The molecule has 0 bridgehead atoms. The fourth-order valence-electron chi connectivity index (χ4n) is 2.08. The van der Waals surface area contributed by atoms with Gasteiger partial charge < -0.3 is 4.74 Å². The molecule has 0 aliphatic heterocycles. The Hall–Kier alpha value is -1.05. The van der Waals surface area contributed by atoms with Crippen molar-refractivity contribution < 1.29 is 9.53 Å². The highest BCUT2D eigenvalue weighted by molar-refractivity contribution is 5.69. The van der Waals surface area contributed by atoms with Crippen LogP contribution in [0.15, 0.2) is 24.8 Å². The van der Waals surface area contributed by atoms with Gasteiger partial charge in [-0.2, -0.15) is 0 Å². The van der Waals surface area contributed by atoms with Gasteiger partial charge in [-0.25, -0.2) is 0 Å². The van der Waals surface area contributed by atoms with Crippen LogP contribution in [-0.2, 0) is 9.53 Å². The van der Waals surface area contributed by atoms with Gasteiger partial charge in [0.05, 0.1) is 6.61 Å². The Labute approximate surface area is 125 Å². The summed E-state index contributed by atoms with van der Waals surface area (Å²) in [6.45, 7) is 6.08. The van der Waals surface area contributed by atoms with Crippen LogP contribution in [0.5, 0.6) is 0 Å². The summed E-state index contributed by atoms with van der Waals surface area (Å²) in [6, 6.07) is 0. The Kier molecular flexibility index (Phi) is 15.2. The van der Waals surface area contributed by atoms with Gasteiger partial charge in [0.1, 0.15) is 0 Å². The van der Waals surface area contributed by atoms with Crippen molar-refractivity contribution in [2.24, 2.45) is 0 Å². The van der Waals surface area contributed by atoms with Gasteiger partial charge in [-0.15, -0.1) is 6.58 Å². The number of esters is 1. The summed E-state index contributed by atoms with van der Waals surface area (Å²) in [5.74, 6) is -0.0492. The molecule has 116 valence electrons. The zero-order valence-electron chi connectivity index (χ0n) is 13.2. The number of rotatable bonds is 14. The summed E-state index contributed by atoms with van der Waals surface area (Å²) < 4.78 is 4.90. The molecule has 0 aromatic heterocycles. The molecule has 0 N–H and O–H groups in total. The first-order valence-electron chi connectivity index (χ1n) is 8.22. The minimum Gasteiger partial charge on any atom is -0.466 e. The smallest absolute Gasteiger partial charge is 0.305 e. The van der Waals surface area contributed by atoms with Gasteiger partial charge in [0.25, 0.3) is 0 Å². The molecule has 0 radical (unpaired) electrons. The molecule has 0 aromatic carbocycles. The number of allylic oxidation sites excluding steroid dienone is 3. The first kappa shape index (κ1) is 18.9. The van der Waals surface area contributed by atoms with Crippen molar-refractivity contribution in [3.05, 3.63) is 24.8 Å². The van der Waals surface area contributed by atoms with Gasteiger partial charge in [-0.05, 0) is 51.9 Å². The van der Waals surface area contributed by atoms with E-state index in [-0.39, 0.29) is 5.97 Å². The second kappa shape index (κ2) is 16.0. The summed E-state index contributed by atoms with van der Waals surface area (Å²) in [5.41, 5.74) is 0. The van der Waals surface area contributed by atoms with E-state index in [1.807, 2.05) is 13.0 Å². The maximum atomic E-state index is 11.1. The predicted octanol–water partition coefficient (Wildman–Crippen LogP) is 5.58. The van der Waals surface area contributed by atoms with Crippen molar-refractivity contribution in [2.75, 3.05) is 6.61 Å². The molecule has 0 rings (SSSR count).